The highest BCUT2D eigenvalue weighted by Gasteiger charge is 2.11. The number of para-hydroxylation sites is 1. The minimum Gasteiger partial charge on any atom is -0.488 e. The van der Waals surface area contributed by atoms with Crippen molar-refractivity contribution in [1.29, 1.82) is 0 Å². The van der Waals surface area contributed by atoms with Gasteiger partial charge >= 0.3 is 0 Å². The van der Waals surface area contributed by atoms with E-state index < -0.39 is 0 Å². The van der Waals surface area contributed by atoms with Crippen molar-refractivity contribution in [3.8, 4) is 5.75 Å². The van der Waals surface area contributed by atoms with E-state index in [2.05, 4.69) is 26.3 Å². The number of rotatable bonds is 8. The molecule has 0 aliphatic carbocycles. The van der Waals surface area contributed by atoms with Crippen molar-refractivity contribution >= 4 is 21.8 Å². The van der Waals surface area contributed by atoms with E-state index in [4.69, 9.17) is 4.74 Å². The monoisotopic (exact) mass is 413 g/mol. The second kappa shape index (κ2) is 9.20. The molecule has 6 heteroatoms. The van der Waals surface area contributed by atoms with E-state index in [-0.39, 0.29) is 5.91 Å². The van der Waals surface area contributed by atoms with Crippen LogP contribution in [0.4, 0.5) is 0 Å². The van der Waals surface area contributed by atoms with Crippen molar-refractivity contribution in [1.82, 2.24) is 15.1 Å². The number of hydrogen-bond acceptors (Lipinski definition) is 3. The first kappa shape index (κ1) is 18.2. The first-order valence-electron chi connectivity index (χ1n) is 8.44. The van der Waals surface area contributed by atoms with E-state index in [0.29, 0.717) is 24.5 Å². The number of carbonyl (C=O) groups excluding carboxylic acids is 1. The summed E-state index contributed by atoms with van der Waals surface area (Å²) in [6, 6.07) is 17.1. The highest BCUT2D eigenvalue weighted by Crippen LogP contribution is 2.20. The van der Waals surface area contributed by atoms with Gasteiger partial charge in [0.2, 0.25) is 0 Å². The Morgan fingerprint density at radius 1 is 1.15 bits per heavy atom. The summed E-state index contributed by atoms with van der Waals surface area (Å²) < 4.78 is 8.72. The summed E-state index contributed by atoms with van der Waals surface area (Å²) in [4.78, 5) is 12.5. The number of aryl methyl sites for hydroxylation is 1. The third-order valence-electron chi connectivity index (χ3n) is 3.82. The van der Waals surface area contributed by atoms with Crippen LogP contribution in [0.1, 0.15) is 22.3 Å². The molecule has 2 aromatic carbocycles. The van der Waals surface area contributed by atoms with Crippen molar-refractivity contribution in [2.45, 2.75) is 19.6 Å². The Bertz CT molecular complexity index is 850. The number of carbonyl (C=O) groups is 1. The first-order valence-corrected chi connectivity index (χ1v) is 9.23. The van der Waals surface area contributed by atoms with Gasteiger partial charge in [0.05, 0.1) is 5.56 Å². The van der Waals surface area contributed by atoms with Crippen molar-refractivity contribution in [2.24, 2.45) is 0 Å². The van der Waals surface area contributed by atoms with Crippen molar-refractivity contribution < 1.29 is 9.53 Å². The maximum atomic E-state index is 12.5. The van der Waals surface area contributed by atoms with Crippen LogP contribution in [-0.4, -0.2) is 22.2 Å². The highest BCUT2D eigenvalue weighted by molar-refractivity contribution is 9.10. The number of nitrogens with one attached hydrogen (secondary N) is 1. The predicted octanol–water partition coefficient (Wildman–Crippen LogP) is 4.04. The van der Waals surface area contributed by atoms with Crippen LogP contribution in [0.15, 0.2) is 71.5 Å². The number of benzene rings is 2. The van der Waals surface area contributed by atoms with Gasteiger partial charge in [-0.2, -0.15) is 5.10 Å². The fourth-order valence-corrected chi connectivity index (χ4v) is 2.99. The van der Waals surface area contributed by atoms with Crippen LogP contribution >= 0.6 is 15.9 Å². The molecular formula is C20H20BrN3O2. The number of hydrogen-bond donors (Lipinski definition) is 1. The molecule has 134 valence electrons. The van der Waals surface area contributed by atoms with Gasteiger partial charge < -0.3 is 10.1 Å². The van der Waals surface area contributed by atoms with Gasteiger partial charge in [0.1, 0.15) is 12.4 Å². The maximum absolute atomic E-state index is 12.5. The Balaban J connectivity index is 1.54. The second-order valence-corrected chi connectivity index (χ2v) is 6.71. The minimum atomic E-state index is -0.129. The fourth-order valence-electron chi connectivity index (χ4n) is 2.54. The van der Waals surface area contributed by atoms with E-state index in [1.54, 1.807) is 12.3 Å². The van der Waals surface area contributed by atoms with Crippen LogP contribution in [0, 0.1) is 0 Å². The van der Waals surface area contributed by atoms with E-state index in [0.717, 1.165) is 23.0 Å². The topological polar surface area (TPSA) is 56.2 Å². The number of nitrogens with zero attached hydrogens (tertiary/aromatic N) is 2. The Morgan fingerprint density at radius 2 is 2.04 bits per heavy atom. The van der Waals surface area contributed by atoms with E-state index in [1.807, 2.05) is 59.4 Å². The van der Waals surface area contributed by atoms with Gasteiger partial charge in [-0.3, -0.25) is 9.48 Å². The van der Waals surface area contributed by atoms with Gasteiger partial charge in [-0.15, -0.1) is 0 Å². The van der Waals surface area contributed by atoms with Gasteiger partial charge in [0.25, 0.3) is 5.91 Å². The van der Waals surface area contributed by atoms with Crippen molar-refractivity contribution in [3.05, 3.63) is 82.6 Å². The summed E-state index contributed by atoms with van der Waals surface area (Å²) >= 11 is 3.45. The number of aromatic nitrogens is 2. The molecule has 0 aliphatic heterocycles. The molecular weight excluding hydrogens is 394 g/mol. The summed E-state index contributed by atoms with van der Waals surface area (Å²) in [6.07, 6.45) is 4.47. The van der Waals surface area contributed by atoms with Crippen LogP contribution < -0.4 is 10.1 Å². The average molecular weight is 414 g/mol. The lowest BCUT2D eigenvalue weighted by molar-refractivity contribution is 0.0948. The van der Waals surface area contributed by atoms with Gasteiger partial charge in [-0.1, -0.05) is 40.2 Å². The van der Waals surface area contributed by atoms with Crippen LogP contribution in [0.2, 0.25) is 0 Å². The molecule has 0 unspecified atom stereocenters. The zero-order valence-corrected chi connectivity index (χ0v) is 15.9. The lowest BCUT2D eigenvalue weighted by atomic mass is 10.2. The first-order chi connectivity index (χ1) is 12.7. The van der Waals surface area contributed by atoms with Crippen LogP contribution in [-0.2, 0) is 13.2 Å². The van der Waals surface area contributed by atoms with E-state index in [1.165, 1.54) is 0 Å². The Hall–Kier alpha value is -2.60. The third kappa shape index (κ3) is 5.20. The molecule has 1 amide bonds. The molecule has 0 radical (unpaired) electrons. The Morgan fingerprint density at radius 3 is 2.85 bits per heavy atom. The van der Waals surface area contributed by atoms with Gasteiger partial charge in [0, 0.05) is 30.0 Å². The SMILES string of the molecule is O=C(NCCCn1cccn1)c1ccccc1OCc1cccc(Br)c1. The molecule has 26 heavy (non-hydrogen) atoms. The molecule has 0 saturated heterocycles. The number of ether oxygens (including phenoxy) is 1. The molecule has 0 bridgehead atoms. The van der Waals surface area contributed by atoms with E-state index >= 15 is 0 Å². The van der Waals surface area contributed by atoms with Crippen LogP contribution in [0.25, 0.3) is 0 Å². The maximum Gasteiger partial charge on any atom is 0.255 e. The largest absolute Gasteiger partial charge is 0.488 e. The minimum absolute atomic E-state index is 0.129. The zero-order valence-electron chi connectivity index (χ0n) is 14.3. The average Bonchev–Trinajstić information content (AvgIpc) is 3.17. The molecule has 1 heterocycles. The number of amides is 1. The normalized spacial score (nSPS) is 10.5. The summed E-state index contributed by atoms with van der Waals surface area (Å²) in [5.74, 6) is 0.451. The predicted molar refractivity (Wildman–Crippen MR) is 104 cm³/mol. The van der Waals surface area contributed by atoms with Gasteiger partial charge in [0.15, 0.2) is 0 Å². The summed E-state index contributed by atoms with van der Waals surface area (Å²) in [6.45, 7) is 1.76. The molecule has 0 fully saturated rings. The second-order valence-electron chi connectivity index (χ2n) is 5.79. The van der Waals surface area contributed by atoms with Gasteiger partial charge in [-0.25, -0.2) is 0 Å². The standard InChI is InChI=1S/C20H20BrN3O2/c21-17-7-3-6-16(14-17)15-26-19-9-2-1-8-18(19)20(25)22-10-4-12-24-13-5-11-23-24/h1-3,5-9,11,13-14H,4,10,12,15H2,(H,22,25). The lowest BCUT2D eigenvalue weighted by Gasteiger charge is -2.12. The molecule has 3 aromatic rings. The molecule has 0 saturated carbocycles. The van der Waals surface area contributed by atoms with E-state index in [9.17, 15) is 4.79 Å². The molecule has 0 atom stereocenters. The molecule has 0 aliphatic rings. The van der Waals surface area contributed by atoms with Crippen LogP contribution in [0.5, 0.6) is 5.75 Å². The quantitative estimate of drug-likeness (QED) is 0.566. The highest BCUT2D eigenvalue weighted by atomic mass is 79.9. The van der Waals surface area contributed by atoms with Crippen molar-refractivity contribution in [2.75, 3.05) is 6.54 Å². The molecule has 1 aromatic heterocycles. The summed E-state index contributed by atoms with van der Waals surface area (Å²) in [5, 5.41) is 7.09. The van der Waals surface area contributed by atoms with Crippen LogP contribution in [0.3, 0.4) is 0 Å². The molecule has 1 N–H and O–H groups in total. The molecule has 0 spiro atoms. The zero-order chi connectivity index (χ0) is 18.2. The third-order valence-corrected chi connectivity index (χ3v) is 4.32. The van der Waals surface area contributed by atoms with Gasteiger partial charge in [-0.05, 0) is 42.3 Å². The summed E-state index contributed by atoms with van der Waals surface area (Å²) in [7, 11) is 0. The Kier molecular flexibility index (Phi) is 6.44. The summed E-state index contributed by atoms with van der Waals surface area (Å²) in [5.41, 5.74) is 1.58. The number of halogens is 1. The molecule has 5 nitrogen and oxygen atoms in total. The lowest BCUT2D eigenvalue weighted by Crippen LogP contribution is -2.25. The Labute approximate surface area is 161 Å². The van der Waals surface area contributed by atoms with Crippen molar-refractivity contribution in [3.63, 3.8) is 0 Å². The smallest absolute Gasteiger partial charge is 0.255 e. The fraction of sp³-hybridized carbons (Fsp3) is 0.200. The molecule has 3 rings (SSSR count).